The molecule has 3 aliphatic rings. The van der Waals surface area contributed by atoms with E-state index in [1.807, 2.05) is 0 Å². The van der Waals surface area contributed by atoms with Gasteiger partial charge in [-0.25, -0.2) is 18.2 Å². The molecule has 5 rings (SSSR count). The number of hydrogen-bond donors (Lipinski definition) is 3. The second kappa shape index (κ2) is 13.6. The number of hydrogen-bond acceptors (Lipinski definition) is 9. The Kier molecular flexibility index (Phi) is 10.2. The molecule has 4 amide bonds. The summed E-state index contributed by atoms with van der Waals surface area (Å²) in [6, 6.07) is 4.77. The molecule has 3 N–H and O–H groups in total. The van der Waals surface area contributed by atoms with Crippen molar-refractivity contribution in [2.45, 2.75) is 115 Å². The van der Waals surface area contributed by atoms with Gasteiger partial charge in [0.2, 0.25) is 27.7 Å². The van der Waals surface area contributed by atoms with Gasteiger partial charge in [-0.15, -0.1) is 6.58 Å². The molecule has 51 heavy (non-hydrogen) atoms. The molecule has 1 aromatic heterocycles. The van der Waals surface area contributed by atoms with Crippen LogP contribution in [-0.2, 0) is 29.1 Å². The Morgan fingerprint density at radius 1 is 1.12 bits per heavy atom. The van der Waals surface area contributed by atoms with Gasteiger partial charge < -0.3 is 25.0 Å². The Labute approximate surface area is 304 Å². The fourth-order valence-corrected chi connectivity index (χ4v) is 8.52. The van der Waals surface area contributed by atoms with Crippen LogP contribution < -0.4 is 20.1 Å². The standard InChI is InChI=1S/C36H48ClN5O8S/c1-9-21-19-36(21,31(45)41-51(47,48)35(10-2)15-16-35)40-28(43)26-18-22(49-29-24-12-11-13-25(37)23(24)14-17-38-29)20-42(26)30(44)27(33(3,4)5)39-32(46)50-34(6,7)8/h9,11-14,17,21-22,26-27H,1,10,15-16,18-20H2,2-8H3,(H,39,46)(H,40,43)(H,41,45)/t21-,22-,26+,27-,36-/m1/s1. The quantitative estimate of drug-likeness (QED) is 0.278. The third-order valence-electron chi connectivity index (χ3n) is 9.92. The van der Waals surface area contributed by atoms with Gasteiger partial charge in [0.05, 0.1) is 11.3 Å². The molecule has 13 nitrogen and oxygen atoms in total. The predicted octanol–water partition coefficient (Wildman–Crippen LogP) is 4.63. The van der Waals surface area contributed by atoms with Gasteiger partial charge in [0.1, 0.15) is 29.3 Å². The molecule has 3 fully saturated rings. The van der Waals surface area contributed by atoms with Crippen molar-refractivity contribution in [3.05, 3.63) is 48.1 Å². The number of carbonyl (C=O) groups excluding carboxylic acids is 4. The Morgan fingerprint density at radius 2 is 1.80 bits per heavy atom. The number of carbonyl (C=O) groups is 4. The number of aromatic nitrogens is 1. The average Bonchev–Trinajstić information content (AvgIpc) is 3.94. The first-order chi connectivity index (χ1) is 23.7. The van der Waals surface area contributed by atoms with Crippen LogP contribution >= 0.6 is 11.6 Å². The number of fused-ring (bicyclic) bond motifs is 1. The molecule has 0 bridgehead atoms. The number of nitrogens with zero attached hydrogens (tertiary/aromatic N) is 2. The van der Waals surface area contributed by atoms with Crippen molar-refractivity contribution in [1.29, 1.82) is 0 Å². The minimum absolute atomic E-state index is 0.00715. The molecule has 0 radical (unpaired) electrons. The number of benzene rings is 1. The smallest absolute Gasteiger partial charge is 0.408 e. The summed E-state index contributed by atoms with van der Waals surface area (Å²) < 4.78 is 39.4. The van der Waals surface area contributed by atoms with E-state index in [4.69, 9.17) is 21.1 Å². The van der Waals surface area contributed by atoms with E-state index in [0.29, 0.717) is 35.1 Å². The third-order valence-corrected chi connectivity index (χ3v) is 12.5. The fraction of sp³-hybridized carbons (Fsp3) is 0.583. The lowest BCUT2D eigenvalue weighted by atomic mass is 9.85. The Morgan fingerprint density at radius 3 is 2.37 bits per heavy atom. The van der Waals surface area contributed by atoms with Crippen LogP contribution in [0.3, 0.4) is 0 Å². The molecule has 1 aromatic carbocycles. The number of pyridine rings is 1. The highest BCUT2D eigenvalue weighted by atomic mass is 35.5. The molecule has 2 heterocycles. The van der Waals surface area contributed by atoms with E-state index in [-0.39, 0.29) is 25.3 Å². The lowest BCUT2D eigenvalue weighted by molar-refractivity contribution is -0.143. The zero-order valence-corrected chi connectivity index (χ0v) is 31.7. The normalized spacial score (nSPS) is 24.6. The number of sulfonamides is 1. The first kappa shape index (κ1) is 38.3. The number of amides is 4. The summed E-state index contributed by atoms with van der Waals surface area (Å²) in [5.74, 6) is -2.37. The number of ether oxygens (including phenoxy) is 2. The number of rotatable bonds is 11. The van der Waals surface area contributed by atoms with Gasteiger partial charge in [0.25, 0.3) is 5.91 Å². The zero-order chi connectivity index (χ0) is 37.7. The van der Waals surface area contributed by atoms with Gasteiger partial charge >= 0.3 is 6.09 Å². The molecule has 5 atom stereocenters. The molecule has 15 heteroatoms. The van der Waals surface area contributed by atoms with E-state index in [0.717, 1.165) is 0 Å². The lowest BCUT2D eigenvalue weighted by Gasteiger charge is -2.36. The van der Waals surface area contributed by atoms with E-state index in [1.54, 1.807) is 78.9 Å². The highest BCUT2D eigenvalue weighted by Gasteiger charge is 2.63. The summed E-state index contributed by atoms with van der Waals surface area (Å²) in [7, 11) is -4.01. The van der Waals surface area contributed by atoms with Crippen molar-refractivity contribution in [3.8, 4) is 5.88 Å². The van der Waals surface area contributed by atoms with Crippen molar-refractivity contribution in [2.75, 3.05) is 6.54 Å². The molecule has 2 saturated carbocycles. The topological polar surface area (TPSA) is 173 Å². The first-order valence-corrected chi connectivity index (χ1v) is 19.0. The maximum Gasteiger partial charge on any atom is 0.408 e. The summed E-state index contributed by atoms with van der Waals surface area (Å²) in [4.78, 5) is 61.0. The van der Waals surface area contributed by atoms with Gasteiger partial charge in [-0.2, -0.15) is 0 Å². The van der Waals surface area contributed by atoms with Crippen LogP contribution in [0.4, 0.5) is 4.79 Å². The molecule has 2 aliphatic carbocycles. The highest BCUT2D eigenvalue weighted by molar-refractivity contribution is 7.91. The Balaban J connectivity index is 1.45. The van der Waals surface area contributed by atoms with E-state index in [9.17, 15) is 27.6 Å². The maximum absolute atomic E-state index is 14.4. The largest absolute Gasteiger partial charge is 0.472 e. The third kappa shape index (κ3) is 7.81. The Hall–Kier alpha value is -3.91. The van der Waals surface area contributed by atoms with Crippen LogP contribution in [0.2, 0.25) is 5.02 Å². The van der Waals surface area contributed by atoms with Crippen molar-refractivity contribution in [3.63, 3.8) is 0 Å². The minimum atomic E-state index is -4.01. The molecule has 0 unspecified atom stereocenters. The average molecular weight is 746 g/mol. The number of likely N-dealkylation sites (tertiary alicyclic amines) is 1. The van der Waals surface area contributed by atoms with E-state index in [1.165, 1.54) is 11.0 Å². The molecule has 1 aliphatic heterocycles. The number of halogens is 1. The SMILES string of the molecule is C=C[C@@H]1C[C@]1(NC(=O)[C@@H]1C[C@@H](Oc2nccc3c(Cl)cccc23)CN1C(=O)[C@@H](NC(=O)OC(C)(C)C)C(C)(C)C)C(=O)NS(=O)(=O)C1(CC)CC1. The van der Waals surface area contributed by atoms with Crippen molar-refractivity contribution in [2.24, 2.45) is 11.3 Å². The maximum atomic E-state index is 14.4. The first-order valence-electron chi connectivity index (χ1n) is 17.2. The molecule has 2 aromatic rings. The van der Waals surface area contributed by atoms with E-state index < -0.39 is 79.2 Å². The summed E-state index contributed by atoms with van der Waals surface area (Å²) >= 11 is 6.42. The zero-order valence-electron chi connectivity index (χ0n) is 30.2. The van der Waals surface area contributed by atoms with Gasteiger partial charge in [-0.3, -0.25) is 19.1 Å². The van der Waals surface area contributed by atoms with Gasteiger partial charge in [0, 0.05) is 34.3 Å². The molecular formula is C36H48ClN5O8S. The second-order valence-corrected chi connectivity index (χ2v) is 18.3. The fourth-order valence-electron chi connectivity index (χ4n) is 6.62. The summed E-state index contributed by atoms with van der Waals surface area (Å²) in [5.41, 5.74) is -3.22. The summed E-state index contributed by atoms with van der Waals surface area (Å²) in [6.07, 6.45) is 2.90. The van der Waals surface area contributed by atoms with Crippen molar-refractivity contribution in [1.82, 2.24) is 25.2 Å². The lowest BCUT2D eigenvalue weighted by Crippen LogP contribution is -2.60. The second-order valence-electron chi connectivity index (χ2n) is 15.9. The van der Waals surface area contributed by atoms with E-state index in [2.05, 4.69) is 26.9 Å². The van der Waals surface area contributed by atoms with Gasteiger partial charge in [-0.05, 0) is 70.1 Å². The minimum Gasteiger partial charge on any atom is -0.472 e. The van der Waals surface area contributed by atoms with Crippen LogP contribution in [0.1, 0.15) is 80.6 Å². The highest BCUT2D eigenvalue weighted by Crippen LogP contribution is 2.48. The Bertz CT molecular complexity index is 1850. The monoisotopic (exact) mass is 745 g/mol. The van der Waals surface area contributed by atoms with Crippen molar-refractivity contribution < 1.29 is 37.1 Å². The van der Waals surface area contributed by atoms with Crippen LogP contribution in [0.5, 0.6) is 5.88 Å². The van der Waals surface area contributed by atoms with Crippen LogP contribution in [0, 0.1) is 11.3 Å². The molecule has 0 spiro atoms. The van der Waals surface area contributed by atoms with Crippen LogP contribution in [0.25, 0.3) is 10.8 Å². The van der Waals surface area contributed by atoms with Crippen LogP contribution in [-0.4, -0.2) is 82.7 Å². The van der Waals surface area contributed by atoms with Crippen molar-refractivity contribution >= 4 is 56.2 Å². The summed E-state index contributed by atoms with van der Waals surface area (Å²) in [5, 5.41) is 7.34. The summed E-state index contributed by atoms with van der Waals surface area (Å²) in [6.45, 7) is 15.9. The molecular weight excluding hydrogens is 698 g/mol. The van der Waals surface area contributed by atoms with Gasteiger partial charge in [0.15, 0.2) is 0 Å². The molecule has 1 saturated heterocycles. The number of alkyl carbamates (subject to hydrolysis) is 1. The van der Waals surface area contributed by atoms with Gasteiger partial charge in [-0.1, -0.05) is 51.4 Å². The predicted molar refractivity (Wildman–Crippen MR) is 192 cm³/mol. The molecule has 278 valence electrons. The van der Waals surface area contributed by atoms with E-state index >= 15 is 0 Å². The number of nitrogens with one attached hydrogen (secondary N) is 3. The van der Waals surface area contributed by atoms with Crippen LogP contribution in [0.15, 0.2) is 43.1 Å².